The molecule has 1 amide bonds. The molecule has 0 aromatic heterocycles. The summed E-state index contributed by atoms with van der Waals surface area (Å²) in [7, 11) is -3.97. The van der Waals surface area contributed by atoms with Crippen molar-refractivity contribution in [2.24, 2.45) is 5.10 Å². The Kier molecular flexibility index (Phi) is 5.99. The number of hydrogen-bond acceptors (Lipinski definition) is 5. The Balaban J connectivity index is 1.57. The number of hydrazone groups is 1. The van der Waals surface area contributed by atoms with Crippen molar-refractivity contribution in [1.29, 1.82) is 0 Å². The predicted octanol–water partition coefficient (Wildman–Crippen LogP) is 5.33. The molecular weight excluding hydrogens is 492 g/mol. The minimum Gasteiger partial charge on any atom is -0.378 e. The zero-order valence-corrected chi connectivity index (χ0v) is 19.7. The van der Waals surface area contributed by atoms with Crippen LogP contribution in [0.25, 0.3) is 6.08 Å². The molecule has 0 atom stereocenters. The van der Waals surface area contributed by atoms with Crippen molar-refractivity contribution < 1.29 is 17.4 Å². The van der Waals surface area contributed by atoms with Crippen molar-refractivity contribution in [3.8, 4) is 5.75 Å². The van der Waals surface area contributed by atoms with Gasteiger partial charge in [0, 0.05) is 0 Å². The summed E-state index contributed by atoms with van der Waals surface area (Å²) in [5.74, 6) is -0.0751. The Hall–Kier alpha value is -3.23. The molecule has 3 aromatic carbocycles. The molecule has 0 radical (unpaired) electrons. The van der Waals surface area contributed by atoms with Crippen LogP contribution < -0.4 is 9.19 Å². The fraction of sp³-hybridized carbons (Fsp3) is 0.0833. The molecule has 1 aliphatic rings. The van der Waals surface area contributed by atoms with E-state index < -0.39 is 10.1 Å². The topological polar surface area (TPSA) is 76.0 Å². The lowest BCUT2D eigenvalue weighted by molar-refractivity contribution is -0.114. The second-order valence-corrected chi connectivity index (χ2v) is 9.64. The lowest BCUT2D eigenvalue weighted by Gasteiger charge is -2.11. The van der Waals surface area contributed by atoms with Crippen LogP contribution in [-0.4, -0.2) is 20.0 Å². The second kappa shape index (κ2) is 8.72. The fourth-order valence-electron chi connectivity index (χ4n) is 3.14. The molecule has 6 nitrogen and oxygen atoms in total. The second-order valence-electron chi connectivity index (χ2n) is 7.24. The molecule has 8 heteroatoms. The van der Waals surface area contributed by atoms with E-state index in [0.29, 0.717) is 27.0 Å². The normalized spacial score (nSPS) is 15.2. The summed E-state index contributed by atoms with van der Waals surface area (Å²) >= 11 is 3.37. The van der Waals surface area contributed by atoms with Gasteiger partial charge in [0.15, 0.2) is 5.75 Å². The molecule has 3 aromatic rings. The lowest BCUT2D eigenvalue weighted by atomic mass is 10.1. The van der Waals surface area contributed by atoms with Gasteiger partial charge in [-0.1, -0.05) is 42.0 Å². The number of nitrogens with zero attached hydrogens (tertiary/aromatic N) is 2. The molecule has 0 fully saturated rings. The molecule has 0 aliphatic carbocycles. The van der Waals surface area contributed by atoms with Gasteiger partial charge < -0.3 is 4.18 Å². The first kappa shape index (κ1) is 22.0. The number of benzene rings is 3. The van der Waals surface area contributed by atoms with E-state index >= 15 is 0 Å². The van der Waals surface area contributed by atoms with Crippen LogP contribution in [0, 0.1) is 6.92 Å². The summed E-state index contributed by atoms with van der Waals surface area (Å²) in [6.45, 7) is 3.65. The first-order valence-electron chi connectivity index (χ1n) is 9.72. The maximum absolute atomic E-state index is 12.9. The maximum atomic E-state index is 12.9. The van der Waals surface area contributed by atoms with Gasteiger partial charge in [-0.2, -0.15) is 18.5 Å². The van der Waals surface area contributed by atoms with Crippen molar-refractivity contribution in [2.75, 3.05) is 5.01 Å². The maximum Gasteiger partial charge on any atom is 0.339 e. The first-order valence-corrected chi connectivity index (χ1v) is 11.9. The number of anilines is 1. The largest absolute Gasteiger partial charge is 0.378 e. The zero-order valence-electron chi connectivity index (χ0n) is 17.3. The fourth-order valence-corrected chi connectivity index (χ4v) is 4.67. The van der Waals surface area contributed by atoms with Crippen LogP contribution in [-0.2, 0) is 14.9 Å². The van der Waals surface area contributed by atoms with E-state index in [-0.39, 0.29) is 16.6 Å². The number of para-hydroxylation sites is 1. The van der Waals surface area contributed by atoms with Crippen LogP contribution in [0.4, 0.5) is 5.69 Å². The summed E-state index contributed by atoms with van der Waals surface area (Å²) in [5, 5.41) is 5.72. The van der Waals surface area contributed by atoms with Gasteiger partial charge in [-0.3, -0.25) is 4.79 Å². The van der Waals surface area contributed by atoms with Crippen molar-refractivity contribution in [3.63, 3.8) is 0 Å². The number of hydrogen-bond donors (Lipinski definition) is 0. The summed E-state index contributed by atoms with van der Waals surface area (Å²) in [4.78, 5) is 12.9. The third kappa shape index (κ3) is 4.51. The molecule has 0 saturated carbocycles. The number of carbonyl (C=O) groups excluding carboxylic acids is 1. The molecule has 0 saturated heterocycles. The summed E-state index contributed by atoms with van der Waals surface area (Å²) in [5.41, 5.74) is 3.39. The first-order chi connectivity index (χ1) is 15.2. The SMILES string of the molecule is CC1=NN(c2ccccc2)C(=O)/C1=C/c1ccc(OS(=O)(=O)c2ccc(C)cc2)c(Br)c1. The van der Waals surface area contributed by atoms with Gasteiger partial charge in [0.05, 0.1) is 21.4 Å². The van der Waals surface area contributed by atoms with Gasteiger partial charge in [0.2, 0.25) is 0 Å². The van der Waals surface area contributed by atoms with Crippen LogP contribution in [0.15, 0.2) is 92.8 Å². The minimum absolute atomic E-state index is 0.0746. The molecule has 32 heavy (non-hydrogen) atoms. The van der Waals surface area contributed by atoms with Gasteiger partial charge in [-0.15, -0.1) is 0 Å². The van der Waals surface area contributed by atoms with E-state index in [1.165, 1.54) is 17.1 Å². The standard InChI is InChI=1S/C24H19BrN2O4S/c1-16-8-11-20(12-9-16)32(29,30)31-23-13-10-18(15-22(23)25)14-21-17(2)26-27(24(21)28)19-6-4-3-5-7-19/h3-15H,1-2H3/b21-14+. The molecular formula is C24H19BrN2O4S. The van der Waals surface area contributed by atoms with E-state index in [2.05, 4.69) is 21.0 Å². The number of aryl methyl sites for hydroxylation is 1. The Morgan fingerprint density at radius 1 is 0.969 bits per heavy atom. The van der Waals surface area contributed by atoms with E-state index in [0.717, 1.165) is 5.56 Å². The van der Waals surface area contributed by atoms with Crippen LogP contribution in [0.3, 0.4) is 0 Å². The Morgan fingerprint density at radius 3 is 2.31 bits per heavy atom. The Bertz CT molecular complexity index is 1350. The quantitative estimate of drug-likeness (QED) is 0.343. The highest BCUT2D eigenvalue weighted by atomic mass is 79.9. The predicted molar refractivity (Wildman–Crippen MR) is 128 cm³/mol. The summed E-state index contributed by atoms with van der Waals surface area (Å²) in [6, 6.07) is 20.5. The van der Waals surface area contributed by atoms with Crippen LogP contribution in [0.5, 0.6) is 5.75 Å². The number of rotatable bonds is 5. The third-order valence-corrected chi connectivity index (χ3v) is 6.71. The van der Waals surface area contributed by atoms with Gasteiger partial charge in [0.25, 0.3) is 5.91 Å². The molecule has 4 rings (SSSR count). The monoisotopic (exact) mass is 510 g/mol. The molecule has 0 bridgehead atoms. The highest BCUT2D eigenvalue weighted by molar-refractivity contribution is 9.10. The Morgan fingerprint density at radius 2 is 1.66 bits per heavy atom. The molecule has 1 heterocycles. The zero-order chi connectivity index (χ0) is 22.9. The summed E-state index contributed by atoms with van der Waals surface area (Å²) in [6.07, 6.45) is 1.72. The van der Waals surface area contributed by atoms with E-state index in [1.807, 2.05) is 37.3 Å². The molecule has 0 unspecified atom stereocenters. The lowest BCUT2D eigenvalue weighted by Crippen LogP contribution is -2.21. The minimum atomic E-state index is -3.97. The Labute approximate surface area is 195 Å². The molecule has 0 N–H and O–H groups in total. The smallest absolute Gasteiger partial charge is 0.339 e. The van der Waals surface area contributed by atoms with Crippen molar-refractivity contribution in [3.05, 3.63) is 94.0 Å². The van der Waals surface area contributed by atoms with Gasteiger partial charge in [-0.05, 0) is 77.8 Å². The van der Waals surface area contributed by atoms with Gasteiger partial charge in [-0.25, -0.2) is 0 Å². The average Bonchev–Trinajstić information content (AvgIpc) is 3.05. The van der Waals surface area contributed by atoms with Crippen molar-refractivity contribution in [2.45, 2.75) is 18.7 Å². The van der Waals surface area contributed by atoms with Crippen molar-refractivity contribution in [1.82, 2.24) is 0 Å². The van der Waals surface area contributed by atoms with Crippen LogP contribution in [0.1, 0.15) is 18.1 Å². The number of amides is 1. The molecule has 0 spiro atoms. The van der Waals surface area contributed by atoms with Crippen LogP contribution >= 0.6 is 15.9 Å². The van der Waals surface area contributed by atoms with E-state index in [9.17, 15) is 13.2 Å². The van der Waals surface area contributed by atoms with Gasteiger partial charge in [0.1, 0.15) is 4.90 Å². The highest BCUT2D eigenvalue weighted by Crippen LogP contribution is 2.31. The third-order valence-electron chi connectivity index (χ3n) is 4.84. The number of carbonyl (C=O) groups is 1. The van der Waals surface area contributed by atoms with E-state index in [4.69, 9.17) is 4.18 Å². The average molecular weight is 511 g/mol. The molecule has 1 aliphatic heterocycles. The van der Waals surface area contributed by atoms with E-state index in [1.54, 1.807) is 43.3 Å². The summed E-state index contributed by atoms with van der Waals surface area (Å²) < 4.78 is 30.9. The van der Waals surface area contributed by atoms with Crippen LogP contribution in [0.2, 0.25) is 0 Å². The highest BCUT2D eigenvalue weighted by Gasteiger charge is 2.28. The van der Waals surface area contributed by atoms with Crippen molar-refractivity contribution >= 4 is 49.4 Å². The number of halogens is 1. The molecule has 162 valence electrons. The van der Waals surface area contributed by atoms with Gasteiger partial charge >= 0.3 is 10.1 Å².